The normalized spacial score (nSPS) is 10.9. The molecule has 0 saturated carbocycles. The molecule has 3 aromatic rings. The van der Waals surface area contributed by atoms with E-state index < -0.39 is 11.9 Å². The van der Waals surface area contributed by atoms with Gasteiger partial charge in [-0.05, 0) is 40.5 Å². The Morgan fingerprint density at radius 3 is 1.47 bits per heavy atom. The van der Waals surface area contributed by atoms with Crippen molar-refractivity contribution in [3.05, 3.63) is 119 Å². The lowest BCUT2D eigenvalue weighted by Gasteiger charge is -2.06. The maximum atomic E-state index is 11.9. The van der Waals surface area contributed by atoms with Gasteiger partial charge in [0, 0.05) is 12.2 Å². The first-order valence-electron chi connectivity index (χ1n) is 9.57. The monoisotopic (exact) mass is 398 g/mol. The molecule has 3 aromatic carbocycles. The topological polar surface area (TPSA) is 52.6 Å². The van der Waals surface area contributed by atoms with E-state index >= 15 is 0 Å². The van der Waals surface area contributed by atoms with Crippen LogP contribution in [0, 0.1) is 0 Å². The first kappa shape index (κ1) is 20.8. The second-order valence-corrected chi connectivity index (χ2v) is 6.52. The van der Waals surface area contributed by atoms with Gasteiger partial charge in [0.25, 0.3) is 0 Å². The minimum absolute atomic E-state index is 0.146. The third-order valence-corrected chi connectivity index (χ3v) is 4.18. The summed E-state index contributed by atoms with van der Waals surface area (Å²) in [4.78, 5) is 23.8. The van der Waals surface area contributed by atoms with Crippen LogP contribution in [0.4, 0.5) is 0 Å². The van der Waals surface area contributed by atoms with Crippen LogP contribution in [0.25, 0.3) is 12.2 Å². The summed E-state index contributed by atoms with van der Waals surface area (Å²) in [6, 6.07) is 26.5. The highest BCUT2D eigenvalue weighted by Crippen LogP contribution is 2.10. The van der Waals surface area contributed by atoms with Gasteiger partial charge in [-0.1, -0.05) is 78.9 Å². The van der Waals surface area contributed by atoms with Gasteiger partial charge >= 0.3 is 11.9 Å². The van der Waals surface area contributed by atoms with Crippen LogP contribution in [0.5, 0.6) is 0 Å². The average molecular weight is 398 g/mol. The first-order chi connectivity index (χ1) is 14.7. The minimum atomic E-state index is -0.415. The molecule has 0 atom stereocenters. The number of carbonyl (C=O) groups excluding carboxylic acids is 2. The van der Waals surface area contributed by atoms with Crippen molar-refractivity contribution in [3.63, 3.8) is 0 Å². The Hall–Kier alpha value is -3.92. The third kappa shape index (κ3) is 7.24. The maximum absolute atomic E-state index is 11.9. The van der Waals surface area contributed by atoms with Gasteiger partial charge in [0.05, 0.1) is 0 Å². The number of benzene rings is 3. The minimum Gasteiger partial charge on any atom is -0.458 e. The van der Waals surface area contributed by atoms with Gasteiger partial charge in [-0.15, -0.1) is 0 Å². The molecule has 0 heterocycles. The summed E-state index contributed by atoms with van der Waals surface area (Å²) in [5, 5.41) is 0. The van der Waals surface area contributed by atoms with Gasteiger partial charge < -0.3 is 9.47 Å². The zero-order valence-electron chi connectivity index (χ0n) is 16.4. The predicted octanol–water partition coefficient (Wildman–Crippen LogP) is 5.20. The third-order valence-electron chi connectivity index (χ3n) is 4.18. The molecular weight excluding hydrogens is 376 g/mol. The van der Waals surface area contributed by atoms with Crippen molar-refractivity contribution in [3.8, 4) is 0 Å². The van der Waals surface area contributed by atoms with E-state index in [0.29, 0.717) is 0 Å². The molecule has 0 radical (unpaired) electrons. The molecule has 4 heteroatoms. The van der Waals surface area contributed by atoms with Gasteiger partial charge in [0.1, 0.15) is 13.2 Å². The standard InChI is InChI=1S/C26H22O4/c27-25(16-14-21-8-3-1-4-9-21)29-19-23-12-7-13-24(18-23)20-30-26(28)17-15-22-10-5-2-6-11-22/h1-18H,19-20H2/b16-14+,17-15+. The van der Waals surface area contributed by atoms with Crippen LogP contribution in [0.2, 0.25) is 0 Å². The molecule has 0 fully saturated rings. The van der Waals surface area contributed by atoms with Crippen molar-refractivity contribution in [2.45, 2.75) is 13.2 Å². The van der Waals surface area contributed by atoms with Gasteiger partial charge in [-0.3, -0.25) is 0 Å². The van der Waals surface area contributed by atoms with E-state index in [0.717, 1.165) is 22.3 Å². The van der Waals surface area contributed by atoms with Gasteiger partial charge in [-0.2, -0.15) is 0 Å². The summed E-state index contributed by atoms with van der Waals surface area (Å²) in [6.45, 7) is 0.293. The SMILES string of the molecule is O=C(/C=C/c1ccccc1)OCc1cccc(COC(=O)/C=C/c2ccccc2)c1. The van der Waals surface area contributed by atoms with E-state index in [1.807, 2.05) is 84.9 Å². The largest absolute Gasteiger partial charge is 0.458 e. The van der Waals surface area contributed by atoms with Crippen molar-refractivity contribution in [1.29, 1.82) is 0 Å². The molecule has 30 heavy (non-hydrogen) atoms. The van der Waals surface area contributed by atoms with Crippen LogP contribution in [-0.4, -0.2) is 11.9 Å². The van der Waals surface area contributed by atoms with Crippen molar-refractivity contribution >= 4 is 24.1 Å². The molecule has 150 valence electrons. The summed E-state index contributed by atoms with van der Waals surface area (Å²) < 4.78 is 10.5. The van der Waals surface area contributed by atoms with Crippen LogP contribution in [-0.2, 0) is 32.3 Å². The fraction of sp³-hybridized carbons (Fsp3) is 0.0769. The predicted molar refractivity (Wildman–Crippen MR) is 117 cm³/mol. The first-order valence-corrected chi connectivity index (χ1v) is 9.57. The lowest BCUT2D eigenvalue weighted by Crippen LogP contribution is -2.03. The highest BCUT2D eigenvalue weighted by Gasteiger charge is 2.03. The van der Waals surface area contributed by atoms with Crippen molar-refractivity contribution in [1.82, 2.24) is 0 Å². The molecule has 3 rings (SSSR count). The Bertz CT molecular complexity index is 940. The zero-order valence-corrected chi connectivity index (χ0v) is 16.4. The van der Waals surface area contributed by atoms with E-state index in [9.17, 15) is 9.59 Å². The molecule has 0 aliphatic heterocycles. The fourth-order valence-electron chi connectivity index (χ4n) is 2.67. The zero-order chi connectivity index (χ0) is 21.0. The van der Waals surface area contributed by atoms with E-state index in [-0.39, 0.29) is 13.2 Å². The summed E-state index contributed by atoms with van der Waals surface area (Å²) in [6.07, 6.45) is 6.22. The number of ether oxygens (including phenoxy) is 2. The summed E-state index contributed by atoms with van der Waals surface area (Å²) >= 11 is 0. The molecule has 0 unspecified atom stereocenters. The highest BCUT2D eigenvalue weighted by atomic mass is 16.5. The van der Waals surface area contributed by atoms with Gasteiger partial charge in [0.15, 0.2) is 0 Å². The number of rotatable bonds is 8. The Morgan fingerprint density at radius 2 is 1.03 bits per heavy atom. The second kappa shape index (κ2) is 11.2. The number of hydrogen-bond donors (Lipinski definition) is 0. The number of esters is 2. The molecule has 0 aliphatic rings. The fourth-order valence-corrected chi connectivity index (χ4v) is 2.67. The highest BCUT2D eigenvalue weighted by molar-refractivity contribution is 5.87. The molecule has 0 N–H and O–H groups in total. The second-order valence-electron chi connectivity index (χ2n) is 6.52. The molecular formula is C26H22O4. The van der Waals surface area contributed by atoms with Gasteiger partial charge in [0.2, 0.25) is 0 Å². The maximum Gasteiger partial charge on any atom is 0.331 e. The van der Waals surface area contributed by atoms with Crippen LogP contribution in [0.15, 0.2) is 97.1 Å². The quantitative estimate of drug-likeness (QED) is 0.387. The van der Waals surface area contributed by atoms with Crippen LogP contribution < -0.4 is 0 Å². The summed E-state index contributed by atoms with van der Waals surface area (Å²) in [5.41, 5.74) is 3.51. The lowest BCUT2D eigenvalue weighted by molar-refractivity contribution is -0.139. The van der Waals surface area contributed by atoms with E-state index in [4.69, 9.17) is 9.47 Å². The van der Waals surface area contributed by atoms with Crippen molar-refractivity contribution in [2.75, 3.05) is 0 Å². The van der Waals surface area contributed by atoms with E-state index in [2.05, 4.69) is 0 Å². The Morgan fingerprint density at radius 1 is 0.600 bits per heavy atom. The van der Waals surface area contributed by atoms with Crippen molar-refractivity contribution < 1.29 is 19.1 Å². The van der Waals surface area contributed by atoms with Gasteiger partial charge in [-0.25, -0.2) is 9.59 Å². The molecule has 0 spiro atoms. The molecule has 0 aromatic heterocycles. The molecule has 0 aliphatic carbocycles. The smallest absolute Gasteiger partial charge is 0.331 e. The van der Waals surface area contributed by atoms with Crippen LogP contribution >= 0.6 is 0 Å². The Kier molecular flexibility index (Phi) is 7.75. The Balaban J connectivity index is 1.46. The van der Waals surface area contributed by atoms with E-state index in [1.165, 1.54) is 12.2 Å². The summed E-state index contributed by atoms with van der Waals surface area (Å²) in [7, 11) is 0. The molecule has 4 nitrogen and oxygen atoms in total. The average Bonchev–Trinajstić information content (AvgIpc) is 2.80. The molecule has 0 amide bonds. The van der Waals surface area contributed by atoms with Crippen molar-refractivity contribution in [2.24, 2.45) is 0 Å². The lowest BCUT2D eigenvalue weighted by atomic mass is 10.1. The number of carbonyl (C=O) groups is 2. The van der Waals surface area contributed by atoms with Crippen LogP contribution in [0.3, 0.4) is 0 Å². The van der Waals surface area contributed by atoms with Crippen LogP contribution in [0.1, 0.15) is 22.3 Å². The molecule has 0 saturated heterocycles. The number of hydrogen-bond acceptors (Lipinski definition) is 4. The Labute approximate surface area is 176 Å². The molecule has 0 bridgehead atoms. The summed E-state index contributed by atoms with van der Waals surface area (Å²) in [5.74, 6) is -0.830. The van der Waals surface area contributed by atoms with E-state index in [1.54, 1.807) is 12.2 Å².